The fourth-order valence-electron chi connectivity index (χ4n) is 3.24. The smallest absolute Gasteiger partial charge is 0.0596 e. The van der Waals surface area contributed by atoms with E-state index >= 15 is 0 Å². The molecule has 2 fully saturated rings. The lowest BCUT2D eigenvalue weighted by atomic mass is 9.73. The first-order valence-corrected chi connectivity index (χ1v) is 8.14. The van der Waals surface area contributed by atoms with Gasteiger partial charge in [-0.1, -0.05) is 13.8 Å². The molecule has 0 radical (unpaired) electrons. The Morgan fingerprint density at radius 2 is 1.63 bits per heavy atom. The molecule has 3 nitrogen and oxygen atoms in total. The molecule has 0 unspecified atom stereocenters. The highest BCUT2D eigenvalue weighted by molar-refractivity contribution is 4.90. The molecule has 1 aliphatic carbocycles. The van der Waals surface area contributed by atoms with Crippen LogP contribution in [0.25, 0.3) is 0 Å². The zero-order chi connectivity index (χ0) is 13.8. The number of ether oxygens (including phenoxy) is 1. The summed E-state index contributed by atoms with van der Waals surface area (Å²) in [5, 5.41) is 0. The van der Waals surface area contributed by atoms with Crippen LogP contribution < -0.4 is 0 Å². The monoisotopic (exact) mass is 268 g/mol. The Hall–Kier alpha value is -0.120. The van der Waals surface area contributed by atoms with Crippen molar-refractivity contribution in [2.75, 3.05) is 39.3 Å². The van der Waals surface area contributed by atoms with Crippen LogP contribution in [-0.2, 0) is 4.74 Å². The summed E-state index contributed by atoms with van der Waals surface area (Å²) in [6, 6.07) is 0.890. The van der Waals surface area contributed by atoms with Crippen LogP contribution in [-0.4, -0.2) is 61.3 Å². The van der Waals surface area contributed by atoms with Gasteiger partial charge in [0, 0.05) is 38.8 Å². The molecular weight excluding hydrogens is 236 g/mol. The summed E-state index contributed by atoms with van der Waals surface area (Å²) in [5.41, 5.74) is 0. The van der Waals surface area contributed by atoms with Gasteiger partial charge >= 0.3 is 0 Å². The van der Waals surface area contributed by atoms with Crippen molar-refractivity contribution in [3.8, 4) is 0 Å². The zero-order valence-electron chi connectivity index (χ0n) is 13.3. The summed E-state index contributed by atoms with van der Waals surface area (Å²) >= 11 is 0. The second-order valence-electron chi connectivity index (χ2n) is 6.93. The molecule has 0 atom stereocenters. The van der Waals surface area contributed by atoms with E-state index in [-0.39, 0.29) is 0 Å². The topological polar surface area (TPSA) is 15.7 Å². The van der Waals surface area contributed by atoms with Gasteiger partial charge in [-0.15, -0.1) is 0 Å². The lowest BCUT2D eigenvalue weighted by Crippen LogP contribution is -2.54. The Bertz CT molecular complexity index is 253. The van der Waals surface area contributed by atoms with Crippen LogP contribution in [0.3, 0.4) is 0 Å². The number of hydrogen-bond donors (Lipinski definition) is 0. The third kappa shape index (κ3) is 4.44. The maximum atomic E-state index is 5.64. The first kappa shape index (κ1) is 15.3. The Morgan fingerprint density at radius 1 is 1.00 bits per heavy atom. The van der Waals surface area contributed by atoms with Gasteiger partial charge in [-0.05, 0) is 38.5 Å². The van der Waals surface area contributed by atoms with Crippen molar-refractivity contribution in [3.05, 3.63) is 0 Å². The first-order chi connectivity index (χ1) is 9.06. The van der Waals surface area contributed by atoms with Crippen LogP contribution in [0.1, 0.15) is 40.5 Å². The van der Waals surface area contributed by atoms with E-state index in [1.54, 1.807) is 0 Å². The van der Waals surface area contributed by atoms with E-state index in [4.69, 9.17) is 4.74 Å². The molecule has 1 saturated heterocycles. The standard InChI is InChI=1S/C16H32N2O/c1-13(2)15-11-16(12-15)18-7-5-17(6-8-18)9-10-19-14(3)4/h13-16H,5-12H2,1-4H3. The van der Waals surface area contributed by atoms with E-state index in [1.807, 2.05) is 0 Å². The Labute approximate surface area is 119 Å². The average Bonchev–Trinajstić information content (AvgIpc) is 2.28. The molecule has 2 rings (SSSR count). The van der Waals surface area contributed by atoms with Crippen molar-refractivity contribution < 1.29 is 4.74 Å². The van der Waals surface area contributed by atoms with Gasteiger partial charge in [0.15, 0.2) is 0 Å². The molecule has 2 aliphatic rings. The van der Waals surface area contributed by atoms with Crippen LogP contribution >= 0.6 is 0 Å². The van der Waals surface area contributed by atoms with Crippen LogP contribution in [0, 0.1) is 11.8 Å². The molecule has 0 bridgehead atoms. The maximum absolute atomic E-state index is 5.64. The van der Waals surface area contributed by atoms with Gasteiger partial charge < -0.3 is 4.74 Å². The maximum Gasteiger partial charge on any atom is 0.0596 e. The lowest BCUT2D eigenvalue weighted by Gasteiger charge is -2.47. The summed E-state index contributed by atoms with van der Waals surface area (Å²) in [6.45, 7) is 15.9. The molecule has 1 saturated carbocycles. The van der Waals surface area contributed by atoms with Crippen molar-refractivity contribution in [3.63, 3.8) is 0 Å². The Balaban J connectivity index is 1.58. The van der Waals surface area contributed by atoms with Gasteiger partial charge in [0.25, 0.3) is 0 Å². The van der Waals surface area contributed by atoms with E-state index < -0.39 is 0 Å². The molecule has 1 heterocycles. The molecule has 0 aromatic carbocycles. The molecule has 0 amide bonds. The van der Waals surface area contributed by atoms with E-state index in [9.17, 15) is 0 Å². The fourth-order valence-corrected chi connectivity index (χ4v) is 3.24. The van der Waals surface area contributed by atoms with Crippen LogP contribution in [0.5, 0.6) is 0 Å². The summed E-state index contributed by atoms with van der Waals surface area (Å²) in [6.07, 6.45) is 3.24. The van der Waals surface area contributed by atoms with Gasteiger partial charge in [0.2, 0.25) is 0 Å². The van der Waals surface area contributed by atoms with Gasteiger partial charge in [0.05, 0.1) is 12.7 Å². The van der Waals surface area contributed by atoms with Crippen molar-refractivity contribution >= 4 is 0 Å². The third-order valence-corrected chi connectivity index (χ3v) is 4.87. The molecule has 0 N–H and O–H groups in total. The minimum Gasteiger partial charge on any atom is -0.377 e. The molecule has 0 aromatic heterocycles. The zero-order valence-corrected chi connectivity index (χ0v) is 13.3. The van der Waals surface area contributed by atoms with E-state index in [0.717, 1.165) is 31.0 Å². The number of piperazine rings is 1. The predicted octanol–water partition coefficient (Wildman–Crippen LogP) is 2.46. The van der Waals surface area contributed by atoms with Gasteiger partial charge in [0.1, 0.15) is 0 Å². The van der Waals surface area contributed by atoms with Crippen LogP contribution in [0.4, 0.5) is 0 Å². The number of rotatable bonds is 6. The minimum atomic E-state index is 0.365. The van der Waals surface area contributed by atoms with Crippen molar-refractivity contribution in [1.82, 2.24) is 9.80 Å². The second kappa shape index (κ2) is 7.05. The van der Waals surface area contributed by atoms with Gasteiger partial charge in [-0.3, -0.25) is 9.80 Å². The summed E-state index contributed by atoms with van der Waals surface area (Å²) in [7, 11) is 0. The number of nitrogens with zero attached hydrogens (tertiary/aromatic N) is 2. The van der Waals surface area contributed by atoms with Crippen LogP contribution in [0.15, 0.2) is 0 Å². The van der Waals surface area contributed by atoms with Crippen molar-refractivity contribution in [2.45, 2.75) is 52.7 Å². The van der Waals surface area contributed by atoms with E-state index in [1.165, 1.54) is 39.0 Å². The molecule has 3 heteroatoms. The molecule has 19 heavy (non-hydrogen) atoms. The third-order valence-electron chi connectivity index (χ3n) is 4.87. The predicted molar refractivity (Wildman–Crippen MR) is 80.5 cm³/mol. The largest absolute Gasteiger partial charge is 0.377 e. The quantitative estimate of drug-likeness (QED) is 0.736. The van der Waals surface area contributed by atoms with Crippen molar-refractivity contribution in [1.29, 1.82) is 0 Å². The minimum absolute atomic E-state index is 0.365. The average molecular weight is 268 g/mol. The molecule has 112 valence electrons. The summed E-state index contributed by atoms with van der Waals surface area (Å²) < 4.78 is 5.64. The lowest BCUT2D eigenvalue weighted by molar-refractivity contribution is 0.00531. The van der Waals surface area contributed by atoms with E-state index in [0.29, 0.717) is 6.10 Å². The van der Waals surface area contributed by atoms with Gasteiger partial charge in [-0.2, -0.15) is 0 Å². The Kier molecular flexibility index (Phi) is 5.67. The Morgan fingerprint density at radius 3 is 2.16 bits per heavy atom. The molecule has 1 aliphatic heterocycles. The summed E-state index contributed by atoms with van der Waals surface area (Å²) in [5.74, 6) is 1.87. The van der Waals surface area contributed by atoms with Gasteiger partial charge in [-0.25, -0.2) is 0 Å². The second-order valence-corrected chi connectivity index (χ2v) is 6.93. The normalized spacial score (nSPS) is 30.0. The van der Waals surface area contributed by atoms with Crippen LogP contribution in [0.2, 0.25) is 0 Å². The highest BCUT2D eigenvalue weighted by atomic mass is 16.5. The highest BCUT2D eigenvalue weighted by Gasteiger charge is 2.36. The number of hydrogen-bond acceptors (Lipinski definition) is 3. The summed E-state index contributed by atoms with van der Waals surface area (Å²) in [4.78, 5) is 5.27. The molecule has 0 spiro atoms. The first-order valence-electron chi connectivity index (χ1n) is 8.14. The highest BCUT2D eigenvalue weighted by Crippen LogP contribution is 2.37. The molecular formula is C16H32N2O. The fraction of sp³-hybridized carbons (Fsp3) is 1.00. The SMILES string of the molecule is CC(C)OCCN1CCN(C2CC(C(C)C)C2)CC1. The van der Waals surface area contributed by atoms with E-state index in [2.05, 4.69) is 37.5 Å². The van der Waals surface area contributed by atoms with Crippen molar-refractivity contribution in [2.24, 2.45) is 11.8 Å². The molecule has 0 aromatic rings.